The van der Waals surface area contributed by atoms with E-state index in [0.717, 1.165) is 12.1 Å². The van der Waals surface area contributed by atoms with Gasteiger partial charge in [0.15, 0.2) is 0 Å². The highest BCUT2D eigenvalue weighted by Crippen LogP contribution is 2.28. The van der Waals surface area contributed by atoms with E-state index in [1.165, 1.54) is 13.0 Å². The van der Waals surface area contributed by atoms with E-state index in [1.807, 2.05) is 0 Å². The molecule has 9 heteroatoms. The van der Waals surface area contributed by atoms with Gasteiger partial charge < -0.3 is 9.47 Å². The Morgan fingerprint density at radius 1 is 1.26 bits per heavy atom. The standard InChI is InChI=1S/C14H11Cl2F3O4/c1-7(2)6-22-13(21)11(12(20)14(17,18)19)23-8-3-4-9(15)10(16)5-8/h3-5,11H,1,6H2,2H3. The van der Waals surface area contributed by atoms with Gasteiger partial charge in [-0.1, -0.05) is 29.8 Å². The van der Waals surface area contributed by atoms with Gasteiger partial charge in [-0.3, -0.25) is 4.79 Å². The van der Waals surface area contributed by atoms with Crippen LogP contribution in [0.15, 0.2) is 30.4 Å². The molecular weight excluding hydrogens is 360 g/mol. The van der Waals surface area contributed by atoms with Gasteiger partial charge in [0.1, 0.15) is 12.4 Å². The number of hydrogen-bond donors (Lipinski definition) is 0. The lowest BCUT2D eigenvalue weighted by atomic mass is 10.2. The lowest BCUT2D eigenvalue weighted by Gasteiger charge is -2.18. The zero-order chi connectivity index (χ0) is 17.8. The van der Waals surface area contributed by atoms with Crippen LogP contribution in [0, 0.1) is 0 Å². The molecule has 126 valence electrons. The highest BCUT2D eigenvalue weighted by Gasteiger charge is 2.48. The first kappa shape index (κ1) is 19.3. The Hall–Kier alpha value is -1.73. The fourth-order valence-corrected chi connectivity index (χ4v) is 1.60. The maximum atomic E-state index is 12.6. The Kier molecular flexibility index (Phi) is 6.47. The molecule has 0 radical (unpaired) electrons. The minimum Gasteiger partial charge on any atom is -0.470 e. The number of carbonyl (C=O) groups excluding carboxylic acids is 2. The Bertz CT molecular complexity index is 629. The van der Waals surface area contributed by atoms with Crippen LogP contribution in [0.3, 0.4) is 0 Å². The second-order valence-electron chi connectivity index (χ2n) is 4.50. The minimum atomic E-state index is -5.27. The van der Waals surface area contributed by atoms with Crippen LogP contribution in [-0.4, -0.2) is 30.6 Å². The van der Waals surface area contributed by atoms with Crippen LogP contribution in [0.25, 0.3) is 0 Å². The number of carbonyl (C=O) groups is 2. The number of ketones is 1. The highest BCUT2D eigenvalue weighted by molar-refractivity contribution is 6.42. The summed E-state index contributed by atoms with van der Waals surface area (Å²) in [5.74, 6) is -4.12. The van der Waals surface area contributed by atoms with Gasteiger partial charge in [0, 0.05) is 6.07 Å². The zero-order valence-electron chi connectivity index (χ0n) is 11.7. The monoisotopic (exact) mass is 370 g/mol. The number of Topliss-reactive ketones (excluding diaryl/α,β-unsaturated/α-hetero) is 1. The molecule has 4 nitrogen and oxygen atoms in total. The molecule has 1 unspecified atom stereocenters. The number of halogens is 5. The Morgan fingerprint density at radius 3 is 2.35 bits per heavy atom. The van der Waals surface area contributed by atoms with Crippen molar-refractivity contribution in [2.75, 3.05) is 6.61 Å². The first-order chi connectivity index (χ1) is 10.5. The highest BCUT2D eigenvalue weighted by atomic mass is 35.5. The molecule has 0 bridgehead atoms. The number of ether oxygens (including phenoxy) is 2. The van der Waals surface area contributed by atoms with Gasteiger partial charge in [-0.25, -0.2) is 4.79 Å². The van der Waals surface area contributed by atoms with Crippen LogP contribution < -0.4 is 4.74 Å². The van der Waals surface area contributed by atoms with Crippen molar-refractivity contribution in [3.63, 3.8) is 0 Å². The van der Waals surface area contributed by atoms with Gasteiger partial charge in [-0.05, 0) is 24.6 Å². The first-order valence-corrected chi connectivity index (χ1v) is 6.81. The molecule has 0 aromatic heterocycles. The first-order valence-electron chi connectivity index (χ1n) is 6.06. The molecule has 0 spiro atoms. The van der Waals surface area contributed by atoms with Gasteiger partial charge in [-0.15, -0.1) is 0 Å². The van der Waals surface area contributed by atoms with Crippen LogP contribution >= 0.6 is 23.2 Å². The van der Waals surface area contributed by atoms with E-state index in [2.05, 4.69) is 11.3 Å². The molecule has 1 atom stereocenters. The molecule has 1 aromatic carbocycles. The maximum absolute atomic E-state index is 12.6. The summed E-state index contributed by atoms with van der Waals surface area (Å²) in [7, 11) is 0. The molecule has 0 aliphatic carbocycles. The molecule has 0 saturated carbocycles. The molecule has 0 aliphatic heterocycles. The average Bonchev–Trinajstić information content (AvgIpc) is 2.44. The van der Waals surface area contributed by atoms with Crippen LogP contribution in [-0.2, 0) is 14.3 Å². The van der Waals surface area contributed by atoms with Crippen molar-refractivity contribution in [1.82, 2.24) is 0 Å². The molecule has 0 fully saturated rings. The van der Waals surface area contributed by atoms with E-state index in [-0.39, 0.29) is 22.4 Å². The second kappa shape index (κ2) is 7.70. The SMILES string of the molecule is C=C(C)COC(=O)C(Oc1ccc(Cl)c(Cl)c1)C(=O)C(F)(F)F. The van der Waals surface area contributed by atoms with E-state index in [9.17, 15) is 22.8 Å². The van der Waals surface area contributed by atoms with Crippen LogP contribution in [0.4, 0.5) is 13.2 Å². The van der Waals surface area contributed by atoms with E-state index in [1.54, 1.807) is 0 Å². The van der Waals surface area contributed by atoms with Gasteiger partial charge in [0.2, 0.25) is 0 Å². The van der Waals surface area contributed by atoms with Gasteiger partial charge in [0.25, 0.3) is 11.9 Å². The largest absolute Gasteiger partial charge is 0.470 e. The number of rotatable bonds is 6. The van der Waals surface area contributed by atoms with Crippen molar-refractivity contribution in [1.29, 1.82) is 0 Å². The topological polar surface area (TPSA) is 52.6 Å². The molecule has 0 aliphatic rings. The summed E-state index contributed by atoms with van der Waals surface area (Å²) in [4.78, 5) is 23.1. The van der Waals surface area contributed by atoms with Crippen molar-refractivity contribution in [2.24, 2.45) is 0 Å². The lowest BCUT2D eigenvalue weighted by Crippen LogP contribution is -2.44. The normalized spacial score (nSPS) is 12.4. The van der Waals surface area contributed by atoms with E-state index in [4.69, 9.17) is 27.9 Å². The van der Waals surface area contributed by atoms with Crippen molar-refractivity contribution in [2.45, 2.75) is 19.2 Å². The number of esters is 1. The second-order valence-corrected chi connectivity index (χ2v) is 5.32. The van der Waals surface area contributed by atoms with Crippen molar-refractivity contribution >= 4 is 35.0 Å². The predicted octanol–water partition coefficient (Wildman–Crippen LogP) is 3.99. The van der Waals surface area contributed by atoms with E-state index in [0.29, 0.717) is 5.57 Å². The molecule has 0 heterocycles. The maximum Gasteiger partial charge on any atom is 0.454 e. The summed E-state index contributed by atoms with van der Waals surface area (Å²) in [5.41, 5.74) is 0.381. The molecule has 0 saturated heterocycles. The van der Waals surface area contributed by atoms with Crippen LogP contribution in [0.5, 0.6) is 5.75 Å². The Labute approximate surface area is 139 Å². The minimum absolute atomic E-state index is 0.0160. The van der Waals surface area contributed by atoms with E-state index >= 15 is 0 Å². The van der Waals surface area contributed by atoms with Crippen LogP contribution in [0.1, 0.15) is 6.92 Å². The molecular formula is C14H11Cl2F3O4. The Morgan fingerprint density at radius 2 is 1.87 bits per heavy atom. The summed E-state index contributed by atoms with van der Waals surface area (Å²) in [5, 5.41) is 0.111. The predicted molar refractivity (Wildman–Crippen MR) is 77.7 cm³/mol. The summed E-state index contributed by atoms with van der Waals surface area (Å²) < 4.78 is 47.2. The van der Waals surface area contributed by atoms with Gasteiger partial charge in [-0.2, -0.15) is 13.2 Å². The lowest BCUT2D eigenvalue weighted by molar-refractivity contribution is -0.184. The summed E-state index contributed by atoms with van der Waals surface area (Å²) in [6, 6.07) is 3.48. The van der Waals surface area contributed by atoms with Gasteiger partial charge in [0.05, 0.1) is 10.0 Å². The quantitative estimate of drug-likeness (QED) is 0.431. The summed E-state index contributed by atoms with van der Waals surface area (Å²) in [6.07, 6.45) is -7.78. The summed E-state index contributed by atoms with van der Waals surface area (Å²) in [6.45, 7) is 4.58. The number of benzene rings is 1. The fraction of sp³-hybridized carbons (Fsp3) is 0.286. The zero-order valence-corrected chi connectivity index (χ0v) is 13.3. The third-order valence-corrected chi connectivity index (χ3v) is 3.08. The third kappa shape index (κ3) is 5.76. The van der Waals surface area contributed by atoms with Crippen molar-refractivity contribution in [3.05, 3.63) is 40.4 Å². The third-order valence-electron chi connectivity index (χ3n) is 2.34. The molecule has 23 heavy (non-hydrogen) atoms. The number of alkyl halides is 3. The van der Waals surface area contributed by atoms with Crippen molar-refractivity contribution in [3.8, 4) is 5.75 Å². The molecule has 0 N–H and O–H groups in total. The fourth-order valence-electron chi connectivity index (χ4n) is 1.31. The molecule has 1 rings (SSSR count). The van der Waals surface area contributed by atoms with Gasteiger partial charge >= 0.3 is 12.1 Å². The van der Waals surface area contributed by atoms with Crippen molar-refractivity contribution < 1.29 is 32.2 Å². The average molecular weight is 371 g/mol. The Balaban J connectivity index is 3.03. The number of hydrogen-bond acceptors (Lipinski definition) is 4. The van der Waals surface area contributed by atoms with E-state index < -0.39 is 24.0 Å². The summed E-state index contributed by atoms with van der Waals surface area (Å²) >= 11 is 11.4. The van der Waals surface area contributed by atoms with Crippen LogP contribution in [0.2, 0.25) is 10.0 Å². The smallest absolute Gasteiger partial charge is 0.454 e. The molecule has 0 amide bonds. The molecule has 1 aromatic rings.